The second kappa shape index (κ2) is 4.90. The lowest BCUT2D eigenvalue weighted by molar-refractivity contribution is -0.111. The first kappa shape index (κ1) is 17.1. The summed E-state index contributed by atoms with van der Waals surface area (Å²) in [4.78, 5) is 11.3. The lowest BCUT2D eigenvalue weighted by atomic mass is 9.46. The van der Waals surface area contributed by atoms with Gasteiger partial charge in [-0.25, -0.2) is 0 Å². The normalized spacial score (nSPS) is 56.3. The van der Waals surface area contributed by atoms with Crippen molar-refractivity contribution in [2.24, 2.45) is 22.7 Å². The molecule has 0 unspecified atom stereocenters. The molecule has 0 spiro atoms. The predicted octanol–water partition coefficient (Wildman–Crippen LogP) is 4.62. The molecule has 1 N–H and O–H groups in total. The zero-order valence-corrected chi connectivity index (χ0v) is 16.1. The van der Waals surface area contributed by atoms with E-state index in [0.717, 1.165) is 37.7 Å². The number of fused-ring (bicyclic) bond motifs is 5. The standard InChI is InChI=1S/C20H26Cl2O2/c1-17-8-6-13(23)10-12(17)4-5-15-14-7-9-19(3,24)18(14,2)11-16(21)20(15,17)22/h6,8,10,14-16,24H,4-5,7,9,11H2,1-3H3/t14-,15-,16-,17-,18-,19+,20-/m0/s1. The molecule has 0 saturated heterocycles. The zero-order valence-electron chi connectivity index (χ0n) is 14.6. The van der Waals surface area contributed by atoms with Crippen LogP contribution in [0, 0.1) is 22.7 Å². The smallest absolute Gasteiger partial charge is 0.178 e. The minimum Gasteiger partial charge on any atom is -0.390 e. The van der Waals surface area contributed by atoms with Crippen molar-refractivity contribution in [1.29, 1.82) is 0 Å². The molecule has 0 amide bonds. The lowest BCUT2D eigenvalue weighted by Crippen LogP contribution is -2.66. The highest BCUT2D eigenvalue weighted by atomic mass is 35.5. The average Bonchev–Trinajstić information content (AvgIpc) is 2.72. The number of aliphatic hydroxyl groups is 1. The van der Waals surface area contributed by atoms with Crippen LogP contribution >= 0.6 is 23.2 Å². The third-order valence-corrected chi connectivity index (χ3v) is 9.71. The Morgan fingerprint density at radius 1 is 1.21 bits per heavy atom. The fraction of sp³-hybridized carbons (Fsp3) is 0.750. The Hall–Kier alpha value is -0.310. The minimum absolute atomic E-state index is 0.0526. The van der Waals surface area contributed by atoms with Crippen LogP contribution in [0.1, 0.15) is 52.9 Å². The molecule has 4 aliphatic rings. The van der Waals surface area contributed by atoms with E-state index >= 15 is 0 Å². The summed E-state index contributed by atoms with van der Waals surface area (Å²) in [7, 11) is 0. The first-order valence-electron chi connectivity index (χ1n) is 9.06. The molecule has 0 aromatic rings. The van der Waals surface area contributed by atoms with E-state index in [9.17, 15) is 9.90 Å². The van der Waals surface area contributed by atoms with Crippen LogP contribution in [-0.4, -0.2) is 26.7 Å². The van der Waals surface area contributed by atoms with Gasteiger partial charge in [-0.15, -0.1) is 23.2 Å². The van der Waals surface area contributed by atoms with Gasteiger partial charge in [-0.05, 0) is 63.0 Å². The van der Waals surface area contributed by atoms with Gasteiger partial charge in [0.25, 0.3) is 0 Å². The lowest BCUT2D eigenvalue weighted by Gasteiger charge is -2.63. The molecule has 4 aliphatic carbocycles. The van der Waals surface area contributed by atoms with E-state index in [1.54, 1.807) is 12.2 Å². The van der Waals surface area contributed by atoms with E-state index in [-0.39, 0.29) is 27.9 Å². The molecule has 3 fully saturated rings. The van der Waals surface area contributed by atoms with Crippen molar-refractivity contribution in [2.75, 3.05) is 0 Å². The van der Waals surface area contributed by atoms with Crippen molar-refractivity contribution in [1.82, 2.24) is 0 Å². The molecule has 7 atom stereocenters. The summed E-state index contributed by atoms with van der Waals surface area (Å²) < 4.78 is 0. The van der Waals surface area contributed by atoms with Crippen LogP contribution in [0.3, 0.4) is 0 Å². The van der Waals surface area contributed by atoms with Gasteiger partial charge in [-0.3, -0.25) is 4.79 Å². The van der Waals surface area contributed by atoms with Gasteiger partial charge in [0.15, 0.2) is 5.78 Å². The number of ketones is 1. The Balaban J connectivity index is 1.84. The molecule has 0 bridgehead atoms. The van der Waals surface area contributed by atoms with Crippen molar-refractivity contribution in [2.45, 2.75) is 68.7 Å². The maximum Gasteiger partial charge on any atom is 0.178 e. The number of carbonyl (C=O) groups is 1. The molecule has 0 aromatic heterocycles. The Morgan fingerprint density at radius 2 is 1.92 bits per heavy atom. The fourth-order valence-corrected chi connectivity index (χ4v) is 7.60. The topological polar surface area (TPSA) is 37.3 Å². The Bertz CT molecular complexity index is 667. The van der Waals surface area contributed by atoms with Crippen molar-refractivity contribution in [3.05, 3.63) is 23.8 Å². The number of allylic oxidation sites excluding steroid dienone is 4. The Labute approximate surface area is 154 Å². The van der Waals surface area contributed by atoms with Gasteiger partial charge in [0.2, 0.25) is 0 Å². The third-order valence-electron chi connectivity index (χ3n) is 8.16. The monoisotopic (exact) mass is 368 g/mol. The molecule has 2 nitrogen and oxygen atoms in total. The van der Waals surface area contributed by atoms with Crippen LogP contribution in [0.5, 0.6) is 0 Å². The number of hydrogen-bond donors (Lipinski definition) is 1. The van der Waals surface area contributed by atoms with Crippen LogP contribution < -0.4 is 0 Å². The quantitative estimate of drug-likeness (QED) is 0.633. The van der Waals surface area contributed by atoms with E-state index in [1.165, 1.54) is 0 Å². The summed E-state index contributed by atoms with van der Waals surface area (Å²) in [5.41, 5.74) is -0.125. The van der Waals surface area contributed by atoms with Crippen LogP contribution in [0.4, 0.5) is 0 Å². The first-order valence-corrected chi connectivity index (χ1v) is 9.87. The van der Waals surface area contributed by atoms with Gasteiger partial charge in [-0.1, -0.05) is 25.5 Å². The summed E-state index contributed by atoms with van der Waals surface area (Å²) in [6, 6.07) is 0. The number of hydrogen-bond acceptors (Lipinski definition) is 2. The summed E-state index contributed by atoms with van der Waals surface area (Å²) in [6.45, 7) is 6.31. The maximum atomic E-state index is 11.9. The zero-order chi connectivity index (χ0) is 17.5. The molecule has 0 aromatic carbocycles. The molecule has 0 heterocycles. The van der Waals surface area contributed by atoms with E-state index in [1.807, 2.05) is 13.0 Å². The molecule has 4 rings (SSSR count). The van der Waals surface area contributed by atoms with Gasteiger partial charge in [0.1, 0.15) is 0 Å². The van der Waals surface area contributed by atoms with Gasteiger partial charge in [0.05, 0.1) is 15.9 Å². The summed E-state index contributed by atoms with van der Waals surface area (Å²) in [5, 5.41) is 10.8. The molecule has 0 aliphatic heterocycles. The highest BCUT2D eigenvalue weighted by Crippen LogP contribution is 2.71. The fourth-order valence-electron chi connectivity index (χ4n) is 6.37. The van der Waals surface area contributed by atoms with E-state index in [0.29, 0.717) is 5.92 Å². The van der Waals surface area contributed by atoms with Gasteiger partial charge in [-0.2, -0.15) is 0 Å². The third kappa shape index (κ3) is 1.81. The van der Waals surface area contributed by atoms with Gasteiger partial charge in [0, 0.05) is 10.8 Å². The average molecular weight is 369 g/mol. The number of alkyl halides is 2. The summed E-state index contributed by atoms with van der Waals surface area (Å²) in [6.07, 6.45) is 9.79. The Morgan fingerprint density at radius 3 is 2.62 bits per heavy atom. The van der Waals surface area contributed by atoms with Crippen LogP contribution in [0.25, 0.3) is 0 Å². The molecule has 0 radical (unpaired) electrons. The van der Waals surface area contributed by atoms with Crippen molar-refractivity contribution >= 4 is 29.0 Å². The highest BCUT2D eigenvalue weighted by Gasteiger charge is 2.70. The van der Waals surface area contributed by atoms with Gasteiger partial charge >= 0.3 is 0 Å². The first-order chi connectivity index (χ1) is 11.1. The maximum absolute atomic E-state index is 11.9. The van der Waals surface area contributed by atoms with Crippen LogP contribution in [0.2, 0.25) is 0 Å². The van der Waals surface area contributed by atoms with E-state index < -0.39 is 10.5 Å². The SMILES string of the molecule is C[C@]12C=CC(=O)C=C1CC[C@H]1[C@@H]3CC[C@@](C)(O)[C@@]3(C)C[C@H](Cl)[C@@]12Cl. The molecule has 3 saturated carbocycles. The minimum atomic E-state index is -0.682. The highest BCUT2D eigenvalue weighted by molar-refractivity contribution is 6.34. The van der Waals surface area contributed by atoms with Gasteiger partial charge < -0.3 is 5.11 Å². The number of carbonyl (C=O) groups excluding carboxylic acids is 1. The molecular weight excluding hydrogens is 343 g/mol. The van der Waals surface area contributed by atoms with E-state index in [2.05, 4.69) is 13.8 Å². The summed E-state index contributed by atoms with van der Waals surface area (Å²) in [5.74, 6) is 0.690. The van der Waals surface area contributed by atoms with Crippen LogP contribution in [-0.2, 0) is 4.79 Å². The van der Waals surface area contributed by atoms with Crippen molar-refractivity contribution in [3.8, 4) is 0 Å². The molecule has 4 heteroatoms. The second-order valence-corrected chi connectivity index (χ2v) is 10.2. The molecular formula is C20H26Cl2O2. The Kier molecular flexibility index (Phi) is 3.49. The number of halogens is 2. The summed E-state index contributed by atoms with van der Waals surface area (Å²) >= 11 is 14.4. The van der Waals surface area contributed by atoms with E-state index in [4.69, 9.17) is 23.2 Å². The van der Waals surface area contributed by atoms with Crippen molar-refractivity contribution < 1.29 is 9.90 Å². The van der Waals surface area contributed by atoms with Crippen molar-refractivity contribution in [3.63, 3.8) is 0 Å². The second-order valence-electron chi connectivity index (χ2n) is 9.03. The molecule has 132 valence electrons. The predicted molar refractivity (Wildman–Crippen MR) is 97.4 cm³/mol. The number of rotatable bonds is 0. The molecule has 24 heavy (non-hydrogen) atoms. The van der Waals surface area contributed by atoms with Crippen LogP contribution in [0.15, 0.2) is 23.8 Å². The largest absolute Gasteiger partial charge is 0.390 e.